The smallest absolute Gasteiger partial charge is 0.120 e. The number of phenolic OH excluding ortho intramolecular Hbond substituents is 1. The van der Waals surface area contributed by atoms with Crippen LogP contribution in [0.5, 0.6) is 17.2 Å². The average molecular weight is 445 g/mol. The molecule has 174 valence electrons. The van der Waals surface area contributed by atoms with Crippen molar-refractivity contribution in [3.63, 3.8) is 0 Å². The highest BCUT2D eigenvalue weighted by Crippen LogP contribution is 2.18. The minimum atomic E-state index is -0.129. The third-order valence-corrected chi connectivity index (χ3v) is 4.10. The van der Waals surface area contributed by atoms with E-state index in [1.165, 1.54) is 0 Å². The van der Waals surface area contributed by atoms with Gasteiger partial charge in [0.25, 0.3) is 0 Å². The van der Waals surface area contributed by atoms with E-state index in [1.807, 2.05) is 101 Å². The summed E-state index contributed by atoms with van der Waals surface area (Å²) in [5.41, 5.74) is 3.12. The van der Waals surface area contributed by atoms with Crippen molar-refractivity contribution in [2.24, 2.45) is 0 Å². The Morgan fingerprint density at radius 3 is 1.36 bits per heavy atom. The van der Waals surface area contributed by atoms with E-state index in [4.69, 9.17) is 14.6 Å². The molecule has 0 fully saturated rings. The van der Waals surface area contributed by atoms with Crippen LogP contribution in [0.15, 0.2) is 92.5 Å². The molecule has 0 unspecified atom stereocenters. The van der Waals surface area contributed by atoms with E-state index in [1.54, 1.807) is 18.2 Å². The van der Waals surface area contributed by atoms with Gasteiger partial charge < -0.3 is 14.6 Å². The second-order valence-corrected chi connectivity index (χ2v) is 7.99. The van der Waals surface area contributed by atoms with Crippen molar-refractivity contribution in [3.05, 3.63) is 109 Å². The van der Waals surface area contributed by atoms with E-state index in [2.05, 4.69) is 19.7 Å². The van der Waals surface area contributed by atoms with Crippen molar-refractivity contribution in [1.82, 2.24) is 0 Å². The molecule has 3 rings (SSSR count). The molecule has 0 spiro atoms. The lowest BCUT2D eigenvalue weighted by Crippen LogP contribution is -2.22. The van der Waals surface area contributed by atoms with Gasteiger partial charge in [-0.3, -0.25) is 0 Å². The van der Waals surface area contributed by atoms with E-state index in [0.29, 0.717) is 12.4 Å². The highest BCUT2D eigenvalue weighted by atomic mass is 16.5. The Morgan fingerprint density at radius 1 is 0.667 bits per heavy atom. The zero-order valence-electron chi connectivity index (χ0n) is 20.3. The number of hydrogen-bond donors (Lipinski definition) is 1. The molecule has 0 atom stereocenters. The number of rotatable bonds is 6. The van der Waals surface area contributed by atoms with E-state index in [-0.39, 0.29) is 5.60 Å². The molecular weight excluding hydrogens is 408 g/mol. The summed E-state index contributed by atoms with van der Waals surface area (Å²) in [6, 6.07) is 22.7. The zero-order valence-corrected chi connectivity index (χ0v) is 20.3. The highest BCUT2D eigenvalue weighted by Gasteiger charge is 2.10. The van der Waals surface area contributed by atoms with Crippen molar-refractivity contribution in [3.8, 4) is 17.2 Å². The van der Waals surface area contributed by atoms with Gasteiger partial charge in [-0.15, -0.1) is 0 Å². The van der Waals surface area contributed by atoms with Crippen LogP contribution in [0, 0.1) is 0 Å². The molecular formula is C30H36O3. The molecule has 0 heterocycles. The van der Waals surface area contributed by atoms with Crippen molar-refractivity contribution in [2.75, 3.05) is 6.61 Å². The molecule has 0 radical (unpaired) electrons. The van der Waals surface area contributed by atoms with Crippen LogP contribution in [-0.2, 0) is 0 Å². The van der Waals surface area contributed by atoms with Gasteiger partial charge in [0.1, 0.15) is 22.8 Å². The molecule has 0 aliphatic rings. The van der Waals surface area contributed by atoms with Crippen LogP contribution >= 0.6 is 0 Å². The fourth-order valence-electron chi connectivity index (χ4n) is 2.50. The van der Waals surface area contributed by atoms with E-state index >= 15 is 0 Å². The van der Waals surface area contributed by atoms with E-state index in [9.17, 15) is 0 Å². The van der Waals surface area contributed by atoms with Gasteiger partial charge in [0.2, 0.25) is 0 Å². The number of benzene rings is 3. The fraction of sp³-hybridized carbons (Fsp3) is 0.200. The summed E-state index contributed by atoms with van der Waals surface area (Å²) >= 11 is 0. The Morgan fingerprint density at radius 2 is 1.03 bits per heavy atom. The molecule has 0 bridgehead atoms. The van der Waals surface area contributed by atoms with Crippen molar-refractivity contribution in [1.29, 1.82) is 0 Å². The van der Waals surface area contributed by atoms with Gasteiger partial charge in [-0.2, -0.15) is 0 Å². The standard InChI is InChI=1S/C12H16O.C10H12O.C8H8O/c1-5-10-6-8-11(9-7-10)13-12(2,3)4;1-3-9-5-7-10(8-6-9)11-4-2;1-2-7-3-5-8(9)6-4-7/h5-9H,1H2,2-4H3;3,5-8H,1,4H2,2H3;2-6,9H,1H2. The lowest BCUT2D eigenvalue weighted by Gasteiger charge is -2.21. The third kappa shape index (κ3) is 12.0. The van der Waals surface area contributed by atoms with Gasteiger partial charge in [0, 0.05) is 0 Å². The summed E-state index contributed by atoms with van der Waals surface area (Å²) in [5.74, 6) is 2.11. The summed E-state index contributed by atoms with van der Waals surface area (Å²) in [6.45, 7) is 19.7. The zero-order chi connectivity index (χ0) is 24.7. The molecule has 3 aromatic carbocycles. The SMILES string of the molecule is C=Cc1ccc(O)cc1.C=Cc1ccc(OC(C)(C)C)cc1.C=Cc1ccc(OCC)cc1. The Bertz CT molecular complexity index is 961. The molecule has 3 aromatic rings. The molecule has 1 N–H and O–H groups in total. The first-order chi connectivity index (χ1) is 15.7. The molecule has 0 saturated carbocycles. The molecule has 0 amide bonds. The number of aromatic hydroxyl groups is 1. The molecule has 33 heavy (non-hydrogen) atoms. The van der Waals surface area contributed by atoms with Crippen LogP contribution in [0.3, 0.4) is 0 Å². The lowest BCUT2D eigenvalue weighted by atomic mass is 10.2. The van der Waals surface area contributed by atoms with E-state index < -0.39 is 0 Å². The van der Waals surface area contributed by atoms with Gasteiger partial charge in [0.05, 0.1) is 6.61 Å². The summed E-state index contributed by atoms with van der Waals surface area (Å²) in [5, 5.41) is 8.82. The monoisotopic (exact) mass is 444 g/mol. The second kappa shape index (κ2) is 14.4. The third-order valence-electron chi connectivity index (χ3n) is 4.10. The lowest BCUT2D eigenvalue weighted by molar-refractivity contribution is 0.131. The highest BCUT2D eigenvalue weighted by molar-refractivity contribution is 5.49. The van der Waals surface area contributed by atoms with Crippen molar-refractivity contribution in [2.45, 2.75) is 33.3 Å². The second-order valence-electron chi connectivity index (χ2n) is 7.99. The van der Waals surface area contributed by atoms with Gasteiger partial charge in [0.15, 0.2) is 0 Å². The van der Waals surface area contributed by atoms with Crippen LogP contribution in [0.25, 0.3) is 18.2 Å². The van der Waals surface area contributed by atoms with Gasteiger partial charge in [-0.25, -0.2) is 0 Å². The quantitative estimate of drug-likeness (QED) is 0.416. The Kier molecular flexibility index (Phi) is 11.9. The number of hydrogen-bond acceptors (Lipinski definition) is 3. The topological polar surface area (TPSA) is 38.7 Å². The summed E-state index contributed by atoms with van der Waals surface area (Å²) in [6.07, 6.45) is 5.37. The molecule has 0 aromatic heterocycles. The Hall–Kier alpha value is -3.72. The molecule has 0 saturated heterocycles. The van der Waals surface area contributed by atoms with Gasteiger partial charge >= 0.3 is 0 Å². The minimum absolute atomic E-state index is 0.129. The van der Waals surface area contributed by atoms with Crippen molar-refractivity contribution >= 4 is 18.2 Å². The first-order valence-corrected chi connectivity index (χ1v) is 10.9. The largest absolute Gasteiger partial charge is 0.508 e. The summed E-state index contributed by atoms with van der Waals surface area (Å²) in [7, 11) is 0. The van der Waals surface area contributed by atoms with Crippen molar-refractivity contribution < 1.29 is 14.6 Å². The molecule has 0 aliphatic carbocycles. The molecule has 3 heteroatoms. The predicted molar refractivity (Wildman–Crippen MR) is 143 cm³/mol. The summed E-state index contributed by atoms with van der Waals surface area (Å²) in [4.78, 5) is 0. The first kappa shape index (κ1) is 27.3. The maximum Gasteiger partial charge on any atom is 0.120 e. The van der Waals surface area contributed by atoms with Crippen LogP contribution in [0.1, 0.15) is 44.4 Å². The average Bonchev–Trinajstić information content (AvgIpc) is 2.81. The summed E-state index contributed by atoms with van der Waals surface area (Å²) < 4.78 is 10.9. The minimum Gasteiger partial charge on any atom is -0.508 e. The first-order valence-electron chi connectivity index (χ1n) is 10.9. The van der Waals surface area contributed by atoms with E-state index in [0.717, 1.165) is 28.2 Å². The van der Waals surface area contributed by atoms with Crippen LogP contribution in [-0.4, -0.2) is 17.3 Å². The number of ether oxygens (including phenoxy) is 2. The van der Waals surface area contributed by atoms with Crippen LogP contribution in [0.2, 0.25) is 0 Å². The van der Waals surface area contributed by atoms with Crippen LogP contribution < -0.4 is 9.47 Å². The molecule has 3 nitrogen and oxygen atoms in total. The maximum atomic E-state index is 8.82. The molecule has 0 aliphatic heterocycles. The fourth-order valence-corrected chi connectivity index (χ4v) is 2.50. The van der Waals surface area contributed by atoms with Crippen LogP contribution in [0.4, 0.5) is 0 Å². The Labute approximate surface area is 199 Å². The van der Waals surface area contributed by atoms with Gasteiger partial charge in [-0.05, 0) is 80.8 Å². The number of phenols is 1. The normalized spacial score (nSPS) is 9.82. The maximum absolute atomic E-state index is 8.82. The predicted octanol–water partition coefficient (Wildman–Crippen LogP) is 8.27. The van der Waals surface area contributed by atoms with Gasteiger partial charge in [-0.1, -0.05) is 74.4 Å². The Balaban J connectivity index is 0.000000252.